The zero-order valence-electron chi connectivity index (χ0n) is 12.0. The Morgan fingerprint density at radius 1 is 1.33 bits per heavy atom. The van der Waals surface area contributed by atoms with E-state index >= 15 is 0 Å². The molecule has 1 saturated heterocycles. The second kappa shape index (κ2) is 7.06. The number of thioether (sulfide) groups is 1. The van der Waals surface area contributed by atoms with Crippen LogP contribution in [-0.4, -0.2) is 41.7 Å². The fourth-order valence-electron chi connectivity index (χ4n) is 2.27. The van der Waals surface area contributed by atoms with E-state index in [0.717, 1.165) is 31.0 Å². The van der Waals surface area contributed by atoms with Gasteiger partial charge in [0.2, 0.25) is 11.7 Å². The summed E-state index contributed by atoms with van der Waals surface area (Å²) in [5.74, 6) is 2.34. The summed E-state index contributed by atoms with van der Waals surface area (Å²) in [6.07, 6.45) is 0.777. The minimum atomic E-state index is 0.121. The molecule has 0 radical (unpaired) electrons. The second-order valence-corrected chi connectivity index (χ2v) is 6.21. The summed E-state index contributed by atoms with van der Waals surface area (Å²) in [4.78, 5) is 5.71. The quantitative estimate of drug-likeness (QED) is 0.856. The third-order valence-electron chi connectivity index (χ3n) is 3.30. The average molecular weight is 305 g/mol. The first-order valence-electron chi connectivity index (χ1n) is 7.23. The summed E-state index contributed by atoms with van der Waals surface area (Å²) in [7, 11) is 0. The van der Waals surface area contributed by atoms with Gasteiger partial charge in [0.1, 0.15) is 0 Å². The molecule has 5 nitrogen and oxygen atoms in total. The van der Waals surface area contributed by atoms with Crippen LogP contribution in [-0.2, 0) is 11.2 Å². The van der Waals surface area contributed by atoms with E-state index in [1.807, 2.05) is 23.9 Å². The molecule has 1 aliphatic heterocycles. The first-order valence-corrected chi connectivity index (χ1v) is 8.22. The molecular weight excluding hydrogens is 286 g/mol. The van der Waals surface area contributed by atoms with Crippen LogP contribution in [0.25, 0.3) is 11.4 Å². The highest BCUT2D eigenvalue weighted by Crippen LogP contribution is 2.22. The number of aromatic nitrogens is 2. The van der Waals surface area contributed by atoms with Crippen LogP contribution in [0, 0.1) is 0 Å². The van der Waals surface area contributed by atoms with Crippen LogP contribution in [0.4, 0.5) is 0 Å². The predicted molar refractivity (Wildman–Crippen MR) is 82.4 cm³/mol. The van der Waals surface area contributed by atoms with Gasteiger partial charge >= 0.3 is 0 Å². The zero-order valence-corrected chi connectivity index (χ0v) is 12.9. The van der Waals surface area contributed by atoms with Crippen LogP contribution in [0.1, 0.15) is 12.8 Å². The minimum absolute atomic E-state index is 0.121. The van der Waals surface area contributed by atoms with Gasteiger partial charge in [0.05, 0.1) is 19.1 Å². The van der Waals surface area contributed by atoms with Crippen molar-refractivity contribution in [3.63, 3.8) is 0 Å². The molecule has 0 spiro atoms. The number of nitrogens with zero attached hydrogens (tertiary/aromatic N) is 2. The summed E-state index contributed by atoms with van der Waals surface area (Å²) in [6.45, 7) is 4.63. The maximum absolute atomic E-state index is 5.65. The lowest BCUT2D eigenvalue weighted by Gasteiger charge is -2.21. The standard InChI is InChI=1S/C15H19N3O2S/c1-2-21-13-5-3-11(4-6-13)15-17-14(20-18-15)9-12-10-16-7-8-19-12/h3-6,12,16H,2,7-10H2,1H3. The molecule has 2 aromatic rings. The van der Waals surface area contributed by atoms with Crippen molar-refractivity contribution in [1.29, 1.82) is 0 Å². The van der Waals surface area contributed by atoms with Crippen molar-refractivity contribution in [2.75, 3.05) is 25.4 Å². The van der Waals surface area contributed by atoms with Crippen LogP contribution >= 0.6 is 11.8 Å². The highest BCUT2D eigenvalue weighted by molar-refractivity contribution is 7.99. The molecule has 1 fully saturated rings. The fourth-order valence-corrected chi connectivity index (χ4v) is 2.93. The number of rotatable bonds is 5. The first-order chi connectivity index (χ1) is 10.3. The molecule has 1 aromatic heterocycles. The topological polar surface area (TPSA) is 60.2 Å². The summed E-state index contributed by atoms with van der Waals surface area (Å²) in [5.41, 5.74) is 0.980. The number of ether oxygens (including phenoxy) is 1. The van der Waals surface area contributed by atoms with Crippen LogP contribution in [0.3, 0.4) is 0 Å². The van der Waals surface area contributed by atoms with E-state index in [1.165, 1.54) is 4.90 Å². The Morgan fingerprint density at radius 3 is 2.90 bits per heavy atom. The summed E-state index contributed by atoms with van der Waals surface area (Å²) in [5, 5.41) is 7.35. The molecule has 0 bridgehead atoms. The zero-order chi connectivity index (χ0) is 14.5. The maximum atomic E-state index is 5.65. The van der Waals surface area contributed by atoms with Crippen LogP contribution < -0.4 is 5.32 Å². The average Bonchev–Trinajstić information content (AvgIpc) is 2.98. The Kier molecular flexibility index (Phi) is 4.90. The molecule has 1 aliphatic rings. The third-order valence-corrected chi connectivity index (χ3v) is 4.19. The summed E-state index contributed by atoms with van der Waals surface area (Å²) < 4.78 is 11.0. The molecule has 21 heavy (non-hydrogen) atoms. The molecular formula is C15H19N3O2S. The van der Waals surface area contributed by atoms with Crippen molar-refractivity contribution in [1.82, 2.24) is 15.5 Å². The van der Waals surface area contributed by atoms with Crippen molar-refractivity contribution in [2.45, 2.75) is 24.3 Å². The molecule has 3 rings (SSSR count). The molecule has 1 atom stereocenters. The van der Waals surface area contributed by atoms with E-state index in [0.29, 0.717) is 18.1 Å². The van der Waals surface area contributed by atoms with Gasteiger partial charge in [-0.25, -0.2) is 0 Å². The van der Waals surface area contributed by atoms with Gasteiger partial charge in [-0.15, -0.1) is 11.8 Å². The Bertz CT molecular complexity index is 565. The highest BCUT2D eigenvalue weighted by atomic mass is 32.2. The lowest BCUT2D eigenvalue weighted by molar-refractivity contribution is 0.0246. The molecule has 1 aromatic carbocycles. The van der Waals surface area contributed by atoms with Gasteiger partial charge in [-0.2, -0.15) is 4.98 Å². The van der Waals surface area contributed by atoms with Gasteiger partial charge < -0.3 is 14.6 Å². The molecule has 0 saturated carbocycles. The van der Waals surface area contributed by atoms with E-state index in [-0.39, 0.29) is 6.10 Å². The Labute approximate surface area is 128 Å². The molecule has 6 heteroatoms. The lowest BCUT2D eigenvalue weighted by atomic mass is 10.2. The van der Waals surface area contributed by atoms with Gasteiger partial charge in [-0.05, 0) is 30.0 Å². The Hall–Kier alpha value is -1.37. The molecule has 0 amide bonds. The number of nitrogens with one attached hydrogen (secondary N) is 1. The predicted octanol–water partition coefficient (Wildman–Crippen LogP) is 2.38. The Balaban J connectivity index is 1.66. The molecule has 112 valence electrons. The van der Waals surface area contributed by atoms with Crippen LogP contribution in [0.15, 0.2) is 33.7 Å². The van der Waals surface area contributed by atoms with Crippen LogP contribution in [0.2, 0.25) is 0 Å². The number of hydrogen-bond donors (Lipinski definition) is 1. The van der Waals surface area contributed by atoms with Crippen molar-refractivity contribution < 1.29 is 9.26 Å². The molecule has 1 N–H and O–H groups in total. The van der Waals surface area contributed by atoms with E-state index < -0.39 is 0 Å². The maximum Gasteiger partial charge on any atom is 0.229 e. The number of morpholine rings is 1. The van der Waals surface area contributed by atoms with E-state index in [4.69, 9.17) is 9.26 Å². The van der Waals surface area contributed by atoms with Crippen molar-refractivity contribution in [3.8, 4) is 11.4 Å². The normalized spacial score (nSPS) is 18.8. The smallest absolute Gasteiger partial charge is 0.229 e. The largest absolute Gasteiger partial charge is 0.375 e. The van der Waals surface area contributed by atoms with Gasteiger partial charge in [0.25, 0.3) is 0 Å². The lowest BCUT2D eigenvalue weighted by Crippen LogP contribution is -2.39. The van der Waals surface area contributed by atoms with Crippen molar-refractivity contribution in [2.24, 2.45) is 0 Å². The minimum Gasteiger partial charge on any atom is -0.375 e. The van der Waals surface area contributed by atoms with Gasteiger partial charge in [0, 0.05) is 23.5 Å². The summed E-state index contributed by atoms with van der Waals surface area (Å²) in [6, 6.07) is 8.25. The number of hydrogen-bond acceptors (Lipinski definition) is 6. The number of benzene rings is 1. The second-order valence-electron chi connectivity index (χ2n) is 4.87. The van der Waals surface area contributed by atoms with E-state index in [1.54, 1.807) is 0 Å². The van der Waals surface area contributed by atoms with Crippen molar-refractivity contribution >= 4 is 11.8 Å². The van der Waals surface area contributed by atoms with Crippen LogP contribution in [0.5, 0.6) is 0 Å². The van der Waals surface area contributed by atoms with Gasteiger partial charge in [-0.1, -0.05) is 12.1 Å². The SMILES string of the molecule is CCSc1ccc(-c2noc(CC3CNCCO3)n2)cc1. The van der Waals surface area contributed by atoms with Gasteiger partial charge in [0.15, 0.2) is 0 Å². The molecule has 1 unspecified atom stereocenters. The monoisotopic (exact) mass is 305 g/mol. The third kappa shape index (κ3) is 3.84. The Morgan fingerprint density at radius 2 is 2.19 bits per heavy atom. The summed E-state index contributed by atoms with van der Waals surface area (Å²) >= 11 is 1.82. The van der Waals surface area contributed by atoms with E-state index in [2.05, 4.69) is 34.5 Å². The first kappa shape index (κ1) is 14.6. The highest BCUT2D eigenvalue weighted by Gasteiger charge is 2.18. The van der Waals surface area contributed by atoms with Crippen molar-refractivity contribution in [3.05, 3.63) is 30.2 Å². The van der Waals surface area contributed by atoms with Gasteiger partial charge in [-0.3, -0.25) is 0 Å². The molecule has 2 heterocycles. The van der Waals surface area contributed by atoms with E-state index in [9.17, 15) is 0 Å². The fraction of sp³-hybridized carbons (Fsp3) is 0.467. The molecule has 0 aliphatic carbocycles.